The summed E-state index contributed by atoms with van der Waals surface area (Å²) in [6.07, 6.45) is 1.90. The topological polar surface area (TPSA) is 87.9 Å². The van der Waals surface area contributed by atoms with Crippen LogP contribution >= 0.6 is 0 Å². The van der Waals surface area contributed by atoms with Crippen LogP contribution in [0.3, 0.4) is 0 Å². The predicted octanol–water partition coefficient (Wildman–Crippen LogP) is 1.47. The molecular weight excluding hydrogens is 410 g/mol. The molecular formula is C21H22F2N4O4. The lowest BCUT2D eigenvalue weighted by Gasteiger charge is -2.40. The summed E-state index contributed by atoms with van der Waals surface area (Å²) in [5, 5.41) is 9.63. The fourth-order valence-electron chi connectivity index (χ4n) is 4.61. The Morgan fingerprint density at radius 1 is 1.19 bits per heavy atom. The van der Waals surface area contributed by atoms with Crippen LogP contribution in [0, 0.1) is 17.6 Å². The molecule has 31 heavy (non-hydrogen) atoms. The summed E-state index contributed by atoms with van der Waals surface area (Å²) < 4.78 is 33.6. The molecule has 10 heteroatoms. The van der Waals surface area contributed by atoms with E-state index >= 15 is 0 Å². The molecule has 5 rings (SSSR count). The Labute approximate surface area is 176 Å². The highest BCUT2D eigenvalue weighted by Crippen LogP contribution is 2.37. The third-order valence-electron chi connectivity index (χ3n) is 6.25. The Morgan fingerprint density at radius 2 is 2.00 bits per heavy atom. The van der Waals surface area contributed by atoms with E-state index in [1.54, 1.807) is 10.6 Å². The molecule has 8 nitrogen and oxygen atoms in total. The first-order valence-corrected chi connectivity index (χ1v) is 10.3. The van der Waals surface area contributed by atoms with Crippen molar-refractivity contribution in [2.45, 2.75) is 38.1 Å². The molecule has 1 saturated carbocycles. The Hall–Kier alpha value is -3.01. The number of aromatic nitrogens is 2. The molecule has 164 valence electrons. The summed E-state index contributed by atoms with van der Waals surface area (Å²) in [5.41, 5.74) is -0.0247. The van der Waals surface area contributed by atoms with Gasteiger partial charge in [-0.15, -0.1) is 0 Å². The van der Waals surface area contributed by atoms with E-state index in [-0.39, 0.29) is 24.4 Å². The predicted molar refractivity (Wildman–Crippen MR) is 106 cm³/mol. The minimum Gasteiger partial charge on any atom is -0.480 e. The number of hydrogen-bond acceptors (Lipinski definition) is 6. The van der Waals surface area contributed by atoms with Gasteiger partial charge in [-0.05, 0) is 36.5 Å². The molecule has 1 N–H and O–H groups in total. The lowest BCUT2D eigenvalue weighted by atomic mass is 10.1. The zero-order chi connectivity index (χ0) is 21.7. The van der Waals surface area contributed by atoms with Crippen molar-refractivity contribution in [1.29, 1.82) is 0 Å². The fraction of sp³-hybridized carbons (Fsp3) is 0.476. The van der Waals surface area contributed by atoms with Crippen molar-refractivity contribution >= 4 is 11.8 Å². The number of piperazine rings is 1. The van der Waals surface area contributed by atoms with Crippen LogP contribution in [0.4, 0.5) is 14.6 Å². The number of anilines is 1. The van der Waals surface area contributed by atoms with Crippen molar-refractivity contribution in [2.75, 3.05) is 24.5 Å². The molecule has 0 bridgehead atoms. The van der Waals surface area contributed by atoms with Crippen molar-refractivity contribution < 1.29 is 23.4 Å². The van der Waals surface area contributed by atoms with Gasteiger partial charge in [-0.1, -0.05) is 6.07 Å². The van der Waals surface area contributed by atoms with Gasteiger partial charge in [-0.25, -0.2) is 13.6 Å². The molecule has 0 radical (unpaired) electrons. The molecule has 1 aromatic heterocycles. The summed E-state index contributed by atoms with van der Waals surface area (Å²) in [5.74, 6) is -1.66. The summed E-state index contributed by atoms with van der Waals surface area (Å²) in [4.78, 5) is 32.4. The SMILES string of the molecule is O=C(O)C(C1CC1)N1CCN2c3cc(OCc4ccc(F)c(F)c4)nc(=O)n3CC2C1. The van der Waals surface area contributed by atoms with Crippen LogP contribution in [0.1, 0.15) is 18.4 Å². The normalized spacial score (nSPS) is 21.5. The Balaban J connectivity index is 1.31. The standard InChI is InChI=1S/C21H22F2N4O4/c22-15-4-1-12(7-16(15)23)11-31-17-8-18-26-6-5-25(19(20(28)29)13-2-3-13)9-14(26)10-27(18)21(30)24-17/h1,4,7-8,13-14,19H,2-3,5-6,9-11H2,(H,28,29). The maximum atomic E-state index is 13.4. The van der Waals surface area contributed by atoms with Gasteiger partial charge < -0.3 is 14.7 Å². The van der Waals surface area contributed by atoms with E-state index in [0.29, 0.717) is 37.6 Å². The van der Waals surface area contributed by atoms with Crippen LogP contribution in [0.25, 0.3) is 0 Å². The third kappa shape index (κ3) is 3.76. The number of nitrogens with zero attached hydrogens (tertiary/aromatic N) is 4. The van der Waals surface area contributed by atoms with Crippen LogP contribution in [0.15, 0.2) is 29.1 Å². The molecule has 3 aliphatic rings. The molecule has 2 unspecified atom stereocenters. The van der Waals surface area contributed by atoms with Gasteiger partial charge in [0, 0.05) is 25.7 Å². The smallest absolute Gasteiger partial charge is 0.352 e. The molecule has 2 atom stereocenters. The number of carboxylic acids is 1. The second-order valence-corrected chi connectivity index (χ2v) is 8.35. The monoisotopic (exact) mass is 432 g/mol. The van der Waals surface area contributed by atoms with Crippen LogP contribution in [-0.2, 0) is 17.9 Å². The molecule has 2 aliphatic heterocycles. The van der Waals surface area contributed by atoms with E-state index < -0.39 is 29.3 Å². The van der Waals surface area contributed by atoms with Gasteiger partial charge in [0.25, 0.3) is 0 Å². The maximum absolute atomic E-state index is 13.4. The number of aliphatic carboxylic acids is 1. The molecule has 0 amide bonds. The van der Waals surface area contributed by atoms with E-state index in [1.165, 1.54) is 6.07 Å². The highest BCUT2D eigenvalue weighted by molar-refractivity contribution is 5.74. The maximum Gasteiger partial charge on any atom is 0.352 e. The largest absolute Gasteiger partial charge is 0.480 e. The Bertz CT molecular complexity index is 1090. The van der Waals surface area contributed by atoms with Gasteiger partial charge in [0.15, 0.2) is 11.6 Å². The lowest BCUT2D eigenvalue weighted by Crippen LogP contribution is -2.57. The zero-order valence-electron chi connectivity index (χ0n) is 16.7. The zero-order valence-corrected chi connectivity index (χ0v) is 16.7. The third-order valence-corrected chi connectivity index (χ3v) is 6.25. The van der Waals surface area contributed by atoms with Crippen molar-refractivity contribution in [1.82, 2.24) is 14.5 Å². The highest BCUT2D eigenvalue weighted by Gasteiger charge is 2.44. The second kappa shape index (κ2) is 7.60. The number of ether oxygens (including phenoxy) is 1. The Morgan fingerprint density at radius 3 is 2.71 bits per heavy atom. The number of benzene rings is 1. The average Bonchev–Trinajstić information content (AvgIpc) is 3.48. The van der Waals surface area contributed by atoms with Crippen molar-refractivity contribution in [3.63, 3.8) is 0 Å². The lowest BCUT2D eigenvalue weighted by molar-refractivity contribution is -0.144. The van der Waals surface area contributed by atoms with Crippen molar-refractivity contribution in [2.24, 2.45) is 5.92 Å². The first-order chi connectivity index (χ1) is 14.9. The number of halogens is 2. The average molecular weight is 432 g/mol. The van der Waals surface area contributed by atoms with Crippen molar-refractivity contribution in [3.8, 4) is 5.88 Å². The van der Waals surface area contributed by atoms with E-state index in [9.17, 15) is 23.5 Å². The van der Waals surface area contributed by atoms with Gasteiger partial charge in [-0.3, -0.25) is 14.3 Å². The van der Waals surface area contributed by atoms with Gasteiger partial charge >= 0.3 is 11.7 Å². The molecule has 1 saturated heterocycles. The van der Waals surface area contributed by atoms with Crippen LogP contribution in [0.5, 0.6) is 5.88 Å². The molecule has 2 aromatic rings. The number of carboxylic acid groups (broad SMARTS) is 1. The molecule has 1 aromatic carbocycles. The van der Waals surface area contributed by atoms with Gasteiger partial charge in [0.1, 0.15) is 18.5 Å². The number of rotatable bonds is 6. The van der Waals surface area contributed by atoms with Gasteiger partial charge in [-0.2, -0.15) is 4.98 Å². The van der Waals surface area contributed by atoms with Gasteiger partial charge in [0.2, 0.25) is 5.88 Å². The molecule has 3 heterocycles. The molecule has 1 aliphatic carbocycles. The van der Waals surface area contributed by atoms with E-state index in [0.717, 1.165) is 25.0 Å². The first-order valence-electron chi connectivity index (χ1n) is 10.3. The Kier molecular flexibility index (Phi) is 4.88. The minimum atomic E-state index is -0.963. The van der Waals surface area contributed by atoms with E-state index in [4.69, 9.17) is 4.74 Å². The fourth-order valence-corrected chi connectivity index (χ4v) is 4.61. The molecule has 0 spiro atoms. The quantitative estimate of drug-likeness (QED) is 0.740. The minimum absolute atomic E-state index is 0.00899. The number of carbonyl (C=O) groups is 1. The summed E-state index contributed by atoms with van der Waals surface area (Å²) in [7, 11) is 0. The van der Waals surface area contributed by atoms with E-state index in [2.05, 4.69) is 9.88 Å². The summed E-state index contributed by atoms with van der Waals surface area (Å²) >= 11 is 0. The van der Waals surface area contributed by atoms with Crippen LogP contribution in [0.2, 0.25) is 0 Å². The van der Waals surface area contributed by atoms with Gasteiger partial charge in [0.05, 0.1) is 12.6 Å². The molecule has 2 fully saturated rings. The summed E-state index contributed by atoms with van der Waals surface area (Å²) in [6.45, 7) is 2.17. The highest BCUT2D eigenvalue weighted by atomic mass is 19.2. The van der Waals surface area contributed by atoms with Crippen LogP contribution < -0.4 is 15.3 Å². The first kappa shape index (κ1) is 19.9. The second-order valence-electron chi connectivity index (χ2n) is 8.35. The van der Waals surface area contributed by atoms with Crippen LogP contribution in [-0.4, -0.2) is 57.2 Å². The number of hydrogen-bond donors (Lipinski definition) is 1. The number of fused-ring (bicyclic) bond motifs is 3. The van der Waals surface area contributed by atoms with E-state index in [1.807, 2.05) is 4.90 Å². The van der Waals surface area contributed by atoms with Crippen molar-refractivity contribution in [3.05, 3.63) is 51.9 Å². The summed E-state index contributed by atoms with van der Waals surface area (Å²) in [6, 6.07) is 4.68.